The number of likely N-dealkylation sites (N-methyl/N-ethyl adjacent to an activating group) is 1. The number of carbonyl (C=O) groups excluding carboxylic acids is 3. The molecule has 1 aromatic rings. The van der Waals surface area contributed by atoms with Gasteiger partial charge in [0.15, 0.2) is 0 Å². The first-order chi connectivity index (χ1) is 16.0. The van der Waals surface area contributed by atoms with Crippen LogP contribution in [0.15, 0.2) is 30.3 Å². The molecule has 0 aliphatic carbocycles. The minimum atomic E-state index is -0.600. The minimum Gasteiger partial charge on any atom is -0.367 e. The van der Waals surface area contributed by atoms with E-state index in [1.165, 1.54) is 0 Å². The number of benzene rings is 1. The van der Waals surface area contributed by atoms with E-state index in [1.54, 1.807) is 19.8 Å². The summed E-state index contributed by atoms with van der Waals surface area (Å²) in [5.74, 6) is 2.17. The zero-order valence-electron chi connectivity index (χ0n) is 19.4. The Hall–Kier alpha value is -3.09. The van der Waals surface area contributed by atoms with E-state index in [-0.39, 0.29) is 37.5 Å². The molecular formula is C24H33N5O4. The fourth-order valence-corrected chi connectivity index (χ4v) is 4.38. The van der Waals surface area contributed by atoms with E-state index >= 15 is 0 Å². The van der Waals surface area contributed by atoms with Gasteiger partial charge in [-0.3, -0.25) is 9.59 Å². The number of amides is 4. The summed E-state index contributed by atoms with van der Waals surface area (Å²) >= 11 is 0. The summed E-state index contributed by atoms with van der Waals surface area (Å²) in [6.07, 6.45) is 5.93. The summed E-state index contributed by atoms with van der Waals surface area (Å²) in [4.78, 5) is 42.9. The maximum Gasteiger partial charge on any atom is 0.334 e. The molecule has 178 valence electrons. The van der Waals surface area contributed by atoms with Gasteiger partial charge in [-0.25, -0.2) is 14.8 Å². The van der Waals surface area contributed by atoms with Gasteiger partial charge in [-0.2, -0.15) is 0 Å². The monoisotopic (exact) mass is 455 g/mol. The van der Waals surface area contributed by atoms with Gasteiger partial charge in [0.05, 0.1) is 19.7 Å². The van der Waals surface area contributed by atoms with Gasteiger partial charge in [-0.1, -0.05) is 56.5 Å². The number of hydrogen-bond acceptors (Lipinski definition) is 5. The Bertz CT molecular complexity index is 871. The lowest BCUT2D eigenvalue weighted by atomic mass is 10.0. The molecule has 0 unspecified atom stereocenters. The Kier molecular flexibility index (Phi) is 8.69. The molecule has 0 aromatic heterocycles. The van der Waals surface area contributed by atoms with Crippen molar-refractivity contribution in [1.29, 1.82) is 0 Å². The number of carbonyl (C=O) groups is 3. The van der Waals surface area contributed by atoms with E-state index in [1.807, 2.05) is 44.2 Å². The first-order valence-electron chi connectivity index (χ1n) is 11.5. The molecule has 0 bridgehead atoms. The second-order valence-corrected chi connectivity index (χ2v) is 8.10. The van der Waals surface area contributed by atoms with Crippen molar-refractivity contribution in [2.45, 2.75) is 45.4 Å². The fourth-order valence-electron chi connectivity index (χ4n) is 4.38. The van der Waals surface area contributed by atoms with Crippen LogP contribution in [0.2, 0.25) is 0 Å². The normalized spacial score (nSPS) is 21.1. The van der Waals surface area contributed by atoms with Gasteiger partial charge in [-0.05, 0) is 12.0 Å². The van der Waals surface area contributed by atoms with E-state index in [4.69, 9.17) is 11.2 Å². The highest BCUT2D eigenvalue weighted by Crippen LogP contribution is 2.28. The molecule has 2 atom stereocenters. The van der Waals surface area contributed by atoms with E-state index in [2.05, 4.69) is 11.2 Å². The highest BCUT2D eigenvalue weighted by atomic mass is 16.5. The number of piperazine rings is 1. The first-order valence-corrected chi connectivity index (χ1v) is 11.5. The minimum absolute atomic E-state index is 0.0601. The van der Waals surface area contributed by atoms with Crippen LogP contribution >= 0.6 is 0 Å². The van der Waals surface area contributed by atoms with E-state index in [0.29, 0.717) is 32.7 Å². The van der Waals surface area contributed by atoms with Crippen LogP contribution in [0.3, 0.4) is 0 Å². The van der Waals surface area contributed by atoms with E-state index in [0.717, 1.165) is 12.0 Å². The average molecular weight is 456 g/mol. The molecule has 2 saturated heterocycles. The van der Waals surface area contributed by atoms with Gasteiger partial charge in [0, 0.05) is 19.6 Å². The molecule has 2 heterocycles. The molecule has 9 nitrogen and oxygen atoms in total. The van der Waals surface area contributed by atoms with Crippen molar-refractivity contribution in [2.24, 2.45) is 0 Å². The van der Waals surface area contributed by atoms with Crippen molar-refractivity contribution in [2.75, 3.05) is 39.4 Å². The van der Waals surface area contributed by atoms with Crippen LogP contribution < -0.4 is 5.32 Å². The average Bonchev–Trinajstić information content (AvgIpc) is 2.83. The standard InChI is InChI=1S/C24H33N5O4/c1-4-10-20-23(31)26(13-15-33-14-5-2)17-21-28(20)22(30)18-27(6-3)29(21)24(32)25-16-19-11-8-7-9-12-19/h2,7-9,11-12,20-21H,4,6,10,13-18H2,1,3H3,(H,25,32)/t20-,21-/m0/s1. The predicted octanol–water partition coefficient (Wildman–Crippen LogP) is 1.26. The van der Waals surface area contributed by atoms with E-state index in [9.17, 15) is 14.4 Å². The summed E-state index contributed by atoms with van der Waals surface area (Å²) < 4.78 is 5.38. The molecule has 0 radical (unpaired) electrons. The predicted molar refractivity (Wildman–Crippen MR) is 123 cm³/mol. The second-order valence-electron chi connectivity index (χ2n) is 8.10. The molecule has 1 aromatic carbocycles. The third-order valence-corrected chi connectivity index (χ3v) is 5.94. The fraction of sp³-hybridized carbons (Fsp3) is 0.542. The zero-order chi connectivity index (χ0) is 23.8. The number of rotatable bonds is 9. The molecule has 1 N–H and O–H groups in total. The second kappa shape index (κ2) is 11.7. The van der Waals surface area contributed by atoms with Crippen LogP contribution in [0.1, 0.15) is 32.3 Å². The van der Waals surface area contributed by atoms with Crippen LogP contribution in [-0.4, -0.2) is 89.3 Å². The smallest absolute Gasteiger partial charge is 0.334 e. The molecule has 9 heteroatoms. The summed E-state index contributed by atoms with van der Waals surface area (Å²) in [7, 11) is 0. The molecular weight excluding hydrogens is 422 g/mol. The Balaban J connectivity index is 1.83. The quantitative estimate of drug-likeness (QED) is 0.448. The number of nitrogens with one attached hydrogen (secondary N) is 1. The number of terminal acetylenes is 1. The molecule has 0 spiro atoms. The number of hydrazine groups is 1. The lowest BCUT2D eigenvalue weighted by molar-refractivity contribution is -0.190. The topological polar surface area (TPSA) is 85.4 Å². The maximum absolute atomic E-state index is 13.3. The number of hydrogen-bond donors (Lipinski definition) is 1. The molecule has 33 heavy (non-hydrogen) atoms. The number of urea groups is 1. The Labute approximate surface area is 195 Å². The Morgan fingerprint density at radius 1 is 1.24 bits per heavy atom. The molecule has 2 aliphatic rings. The van der Waals surface area contributed by atoms with Crippen molar-refractivity contribution in [3.05, 3.63) is 35.9 Å². The molecule has 2 aliphatic heterocycles. The van der Waals surface area contributed by atoms with Gasteiger partial charge in [-0.15, -0.1) is 6.42 Å². The largest absolute Gasteiger partial charge is 0.367 e. The molecule has 2 fully saturated rings. The highest BCUT2D eigenvalue weighted by molar-refractivity contribution is 5.91. The number of ether oxygens (including phenoxy) is 1. The van der Waals surface area contributed by atoms with Gasteiger partial charge < -0.3 is 19.9 Å². The van der Waals surface area contributed by atoms with Crippen molar-refractivity contribution < 1.29 is 19.1 Å². The van der Waals surface area contributed by atoms with Crippen molar-refractivity contribution in [3.63, 3.8) is 0 Å². The third-order valence-electron chi connectivity index (χ3n) is 5.94. The van der Waals surface area contributed by atoms with Gasteiger partial charge in [0.2, 0.25) is 11.8 Å². The van der Waals surface area contributed by atoms with Gasteiger partial charge >= 0.3 is 6.03 Å². The summed E-state index contributed by atoms with van der Waals surface area (Å²) in [6, 6.07) is 8.75. The van der Waals surface area contributed by atoms with Crippen molar-refractivity contribution >= 4 is 17.8 Å². The molecule has 0 saturated carbocycles. The van der Waals surface area contributed by atoms with Crippen LogP contribution in [0.25, 0.3) is 0 Å². The third kappa shape index (κ3) is 5.64. The summed E-state index contributed by atoms with van der Waals surface area (Å²) in [6.45, 7) is 5.85. The van der Waals surface area contributed by atoms with Crippen LogP contribution in [0.4, 0.5) is 4.79 Å². The first kappa shape index (κ1) is 24.6. The van der Waals surface area contributed by atoms with Crippen LogP contribution in [0, 0.1) is 12.3 Å². The lowest BCUT2D eigenvalue weighted by Crippen LogP contribution is -2.76. The van der Waals surface area contributed by atoms with Crippen LogP contribution in [0.5, 0.6) is 0 Å². The molecule has 3 rings (SSSR count). The maximum atomic E-state index is 13.3. The highest BCUT2D eigenvalue weighted by Gasteiger charge is 2.50. The lowest BCUT2D eigenvalue weighted by Gasteiger charge is -2.55. The van der Waals surface area contributed by atoms with E-state index < -0.39 is 12.2 Å². The summed E-state index contributed by atoms with van der Waals surface area (Å²) in [5.41, 5.74) is 0.980. The zero-order valence-corrected chi connectivity index (χ0v) is 19.4. The molecule has 4 amide bonds. The van der Waals surface area contributed by atoms with Gasteiger partial charge in [0.1, 0.15) is 18.8 Å². The van der Waals surface area contributed by atoms with Crippen LogP contribution in [-0.2, 0) is 20.9 Å². The summed E-state index contributed by atoms with van der Waals surface area (Å²) in [5, 5.41) is 6.32. The number of fused-ring (bicyclic) bond motifs is 1. The van der Waals surface area contributed by atoms with Gasteiger partial charge in [0.25, 0.3) is 0 Å². The number of nitrogens with zero attached hydrogens (tertiary/aromatic N) is 4. The Morgan fingerprint density at radius 2 is 2.00 bits per heavy atom. The van der Waals surface area contributed by atoms with Crippen molar-refractivity contribution in [3.8, 4) is 12.3 Å². The van der Waals surface area contributed by atoms with Crippen molar-refractivity contribution in [1.82, 2.24) is 25.1 Å². The Morgan fingerprint density at radius 3 is 2.67 bits per heavy atom. The SMILES string of the molecule is C#CCOCCN1C[C@H]2N(C(=O)CN(CC)N2C(=O)NCc2ccccc2)[C@@H](CCC)C1=O.